The van der Waals surface area contributed by atoms with Crippen LogP contribution in [0.25, 0.3) is 99.8 Å². The first-order chi connectivity index (χ1) is 28.4. The van der Waals surface area contributed by atoms with Crippen LogP contribution in [-0.2, 0) is 21.1 Å². The standard InChI is InChI=1S/C53H39N5.Pt/c1-32(2)43-29-36(49-33(3)15-12-16-34(49)4)30-44-40-27-26-35(31-47(40)58(52(43)44)48-25-10-11-28-54-48)38-20-14-24-46-51(38)56-53(57(46)37-17-6-5-7-18-37)42-22-13-21-41-39-19-8-9-23-45(39)55-50(41)42;/h5-30,32H,1-4H3;/q-2;+2. The number of nitrogens with zero attached hydrogens (tertiary/aromatic N) is 5. The Bertz CT molecular complexity index is 3370. The summed E-state index contributed by atoms with van der Waals surface area (Å²) >= 11 is 0. The first-order valence-corrected chi connectivity index (χ1v) is 20.0. The summed E-state index contributed by atoms with van der Waals surface area (Å²) in [5.41, 5.74) is 16.4. The van der Waals surface area contributed by atoms with Gasteiger partial charge in [0.25, 0.3) is 0 Å². The van der Waals surface area contributed by atoms with Crippen molar-refractivity contribution in [3.05, 3.63) is 181 Å². The molecular weight excluding hydrogens is 902 g/mol. The van der Waals surface area contributed by atoms with Gasteiger partial charge in [0, 0.05) is 23.0 Å². The average molecular weight is 941 g/mol. The molecule has 11 aromatic rings. The summed E-state index contributed by atoms with van der Waals surface area (Å²) in [4.78, 5) is 15.6. The number of para-hydroxylation sites is 4. The predicted octanol–water partition coefficient (Wildman–Crippen LogP) is 13.3. The van der Waals surface area contributed by atoms with Gasteiger partial charge >= 0.3 is 21.1 Å². The largest absolute Gasteiger partial charge is 2.00 e. The normalized spacial score (nSPS) is 11.7. The number of pyridine rings is 1. The van der Waals surface area contributed by atoms with E-state index in [-0.39, 0.29) is 27.0 Å². The van der Waals surface area contributed by atoms with Gasteiger partial charge in [-0.25, -0.2) is 9.97 Å². The van der Waals surface area contributed by atoms with E-state index in [4.69, 9.17) is 15.0 Å². The van der Waals surface area contributed by atoms with Crippen molar-refractivity contribution >= 4 is 54.6 Å². The molecule has 0 aliphatic rings. The zero-order valence-electron chi connectivity index (χ0n) is 33.1. The van der Waals surface area contributed by atoms with Crippen molar-refractivity contribution in [1.82, 2.24) is 24.1 Å². The summed E-state index contributed by atoms with van der Waals surface area (Å²) in [6.07, 6.45) is 1.88. The van der Waals surface area contributed by atoms with Crippen molar-refractivity contribution in [2.75, 3.05) is 0 Å². The Hall–Kier alpha value is -6.55. The molecule has 4 aromatic heterocycles. The molecule has 0 radical (unpaired) electrons. The minimum absolute atomic E-state index is 0. The van der Waals surface area contributed by atoms with E-state index in [1.54, 1.807) is 0 Å². The molecule has 6 heteroatoms. The summed E-state index contributed by atoms with van der Waals surface area (Å²) in [5, 5.41) is 4.62. The number of hydrogen-bond acceptors (Lipinski definition) is 2. The Balaban J connectivity index is 0.00000420. The number of aryl methyl sites for hydroxylation is 2. The zero-order chi connectivity index (χ0) is 39.1. The summed E-state index contributed by atoms with van der Waals surface area (Å²) in [6.45, 7) is 8.99. The van der Waals surface area contributed by atoms with E-state index < -0.39 is 0 Å². The summed E-state index contributed by atoms with van der Waals surface area (Å²) < 4.78 is 4.60. The second-order valence-electron chi connectivity index (χ2n) is 15.7. The minimum Gasteiger partial charge on any atom is -0.656 e. The van der Waals surface area contributed by atoms with E-state index in [1.165, 1.54) is 38.7 Å². The smallest absolute Gasteiger partial charge is 0.656 e. The molecule has 0 aliphatic heterocycles. The van der Waals surface area contributed by atoms with Gasteiger partial charge in [-0.3, -0.25) is 4.57 Å². The number of rotatable bonds is 6. The van der Waals surface area contributed by atoms with Crippen LogP contribution in [-0.4, -0.2) is 19.1 Å². The summed E-state index contributed by atoms with van der Waals surface area (Å²) in [7, 11) is 0. The Morgan fingerprint density at radius 2 is 1.36 bits per heavy atom. The van der Waals surface area contributed by atoms with E-state index in [1.807, 2.05) is 18.3 Å². The van der Waals surface area contributed by atoms with Gasteiger partial charge in [-0.1, -0.05) is 128 Å². The van der Waals surface area contributed by atoms with Crippen LogP contribution >= 0.6 is 0 Å². The van der Waals surface area contributed by atoms with E-state index >= 15 is 0 Å². The van der Waals surface area contributed by atoms with E-state index in [0.29, 0.717) is 0 Å². The van der Waals surface area contributed by atoms with Crippen LogP contribution in [0.5, 0.6) is 0 Å². The van der Waals surface area contributed by atoms with Crippen molar-refractivity contribution in [3.63, 3.8) is 0 Å². The summed E-state index contributed by atoms with van der Waals surface area (Å²) in [6, 6.07) is 57.7. The number of fused-ring (bicyclic) bond motifs is 7. The van der Waals surface area contributed by atoms with Crippen LogP contribution in [0.15, 0.2) is 158 Å². The van der Waals surface area contributed by atoms with Gasteiger partial charge in [-0.2, -0.15) is 0 Å². The molecule has 0 amide bonds. The minimum atomic E-state index is 0. The third-order valence-corrected chi connectivity index (χ3v) is 11.8. The molecule has 59 heavy (non-hydrogen) atoms. The molecule has 286 valence electrons. The van der Waals surface area contributed by atoms with E-state index in [2.05, 4.69) is 182 Å². The van der Waals surface area contributed by atoms with Gasteiger partial charge in [0.15, 0.2) is 0 Å². The van der Waals surface area contributed by atoms with Crippen LogP contribution in [0.4, 0.5) is 0 Å². The van der Waals surface area contributed by atoms with Gasteiger partial charge in [-0.05, 0) is 106 Å². The fourth-order valence-corrected chi connectivity index (χ4v) is 9.14. The van der Waals surface area contributed by atoms with Crippen molar-refractivity contribution in [1.29, 1.82) is 0 Å². The Labute approximate surface area is 357 Å². The molecule has 0 spiro atoms. The third kappa shape index (κ3) is 5.79. The molecule has 0 fully saturated rings. The molecular formula is C53H39N5Pt. The van der Waals surface area contributed by atoms with Crippen LogP contribution in [0, 0.1) is 19.9 Å². The number of aromatic nitrogens is 5. The van der Waals surface area contributed by atoms with Crippen LogP contribution in [0.3, 0.4) is 0 Å². The molecule has 0 aliphatic carbocycles. The van der Waals surface area contributed by atoms with E-state index in [0.717, 1.165) is 77.8 Å². The molecule has 0 saturated heterocycles. The average Bonchev–Trinajstić information content (AvgIpc) is 3.93. The maximum absolute atomic E-state index is 5.54. The number of imidazole rings is 1. The molecule has 0 atom stereocenters. The van der Waals surface area contributed by atoms with Gasteiger partial charge in [0.2, 0.25) is 0 Å². The molecule has 11 rings (SSSR count). The maximum atomic E-state index is 5.54. The van der Waals surface area contributed by atoms with Gasteiger partial charge in [0.05, 0.1) is 11.0 Å². The molecule has 0 bridgehead atoms. The predicted molar refractivity (Wildman–Crippen MR) is 240 cm³/mol. The molecule has 7 aromatic carbocycles. The van der Waals surface area contributed by atoms with Crippen molar-refractivity contribution < 1.29 is 21.1 Å². The van der Waals surface area contributed by atoms with Gasteiger partial charge in [0.1, 0.15) is 11.6 Å². The number of benzene rings is 7. The quantitative estimate of drug-likeness (QED) is 0.156. The van der Waals surface area contributed by atoms with Crippen molar-refractivity contribution in [2.24, 2.45) is 0 Å². The van der Waals surface area contributed by atoms with Crippen LogP contribution in [0.2, 0.25) is 0 Å². The number of hydrogen-bond donors (Lipinski definition) is 0. The SMILES string of the molecule is Cc1cccc(C)c1-c1cc(C(C)C)c2c(c1)c1ccc(-c3cccc4c3nc(-c3cccc5c3[n-]c3ccccc35)n4-c3ccccc3)[c-]c1n2-c1ccccn1.[Pt+2]. The van der Waals surface area contributed by atoms with Crippen LogP contribution < -0.4 is 4.98 Å². The Morgan fingerprint density at radius 1 is 0.627 bits per heavy atom. The van der Waals surface area contributed by atoms with Gasteiger partial charge in [-0.15, -0.1) is 34.8 Å². The molecule has 5 nitrogen and oxygen atoms in total. The molecule has 0 N–H and O–H groups in total. The first kappa shape index (κ1) is 36.8. The first-order valence-electron chi connectivity index (χ1n) is 20.0. The topological polar surface area (TPSA) is 49.7 Å². The fourth-order valence-electron chi connectivity index (χ4n) is 9.14. The second-order valence-corrected chi connectivity index (χ2v) is 15.7. The zero-order valence-corrected chi connectivity index (χ0v) is 35.4. The van der Waals surface area contributed by atoms with Crippen molar-refractivity contribution in [3.8, 4) is 45.1 Å². The third-order valence-electron chi connectivity index (χ3n) is 11.8. The maximum Gasteiger partial charge on any atom is 2.00 e. The monoisotopic (exact) mass is 940 g/mol. The molecule has 4 heterocycles. The molecule has 0 saturated carbocycles. The van der Waals surface area contributed by atoms with Gasteiger partial charge < -0.3 is 9.55 Å². The Morgan fingerprint density at radius 3 is 2.15 bits per heavy atom. The second kappa shape index (κ2) is 14.4. The van der Waals surface area contributed by atoms with E-state index in [9.17, 15) is 0 Å². The fraction of sp³-hybridized carbons (Fsp3) is 0.0943. The Kier molecular flexibility index (Phi) is 8.96. The van der Waals surface area contributed by atoms with Crippen molar-refractivity contribution in [2.45, 2.75) is 33.6 Å². The molecule has 0 unspecified atom stereocenters. The van der Waals surface area contributed by atoms with Crippen LogP contribution in [0.1, 0.15) is 36.5 Å². The summed E-state index contributed by atoms with van der Waals surface area (Å²) in [5.74, 6) is 1.99.